The van der Waals surface area contributed by atoms with Gasteiger partial charge >= 0.3 is 0 Å². The van der Waals surface area contributed by atoms with Crippen LogP contribution in [0.25, 0.3) is 0 Å². The summed E-state index contributed by atoms with van der Waals surface area (Å²) >= 11 is 0. The number of anilines is 2. The molecule has 5 nitrogen and oxygen atoms in total. The number of aryl methyl sites for hydroxylation is 1. The predicted octanol–water partition coefficient (Wildman–Crippen LogP) is 2.21. The Bertz CT molecular complexity index is 713. The number of hydrogen-bond acceptors (Lipinski definition) is 4. The van der Waals surface area contributed by atoms with Crippen molar-refractivity contribution >= 4 is 17.4 Å². The molecular weight excluding hydrogens is 264 g/mol. The van der Waals surface area contributed by atoms with Crippen LogP contribution in [0.1, 0.15) is 30.0 Å². The Morgan fingerprint density at radius 2 is 2.24 bits per heavy atom. The van der Waals surface area contributed by atoms with Crippen LogP contribution in [0.15, 0.2) is 30.7 Å². The third-order valence-corrected chi connectivity index (χ3v) is 4.12. The second-order valence-electron chi connectivity index (χ2n) is 5.93. The van der Waals surface area contributed by atoms with Crippen LogP contribution in [0.2, 0.25) is 0 Å². The highest BCUT2D eigenvalue weighted by Crippen LogP contribution is 2.39. The van der Waals surface area contributed by atoms with Gasteiger partial charge in [0, 0.05) is 29.3 Å². The fourth-order valence-corrected chi connectivity index (χ4v) is 2.99. The van der Waals surface area contributed by atoms with Gasteiger partial charge < -0.3 is 11.1 Å². The van der Waals surface area contributed by atoms with Crippen molar-refractivity contribution in [3.8, 4) is 0 Å². The largest absolute Gasteiger partial charge is 0.399 e. The second-order valence-corrected chi connectivity index (χ2v) is 5.93. The number of aromatic nitrogens is 2. The van der Waals surface area contributed by atoms with E-state index in [1.165, 1.54) is 11.9 Å². The molecule has 1 unspecified atom stereocenters. The topological polar surface area (TPSA) is 80.9 Å². The van der Waals surface area contributed by atoms with Gasteiger partial charge in [-0.1, -0.05) is 13.0 Å². The van der Waals surface area contributed by atoms with E-state index in [9.17, 15) is 4.79 Å². The monoisotopic (exact) mass is 282 g/mol. The van der Waals surface area contributed by atoms with Crippen LogP contribution in [-0.4, -0.2) is 15.9 Å². The summed E-state index contributed by atoms with van der Waals surface area (Å²) in [6.45, 7) is 4.13. The zero-order valence-electron chi connectivity index (χ0n) is 12.2. The maximum Gasteiger partial charge on any atom is 0.226 e. The molecule has 2 aromatic rings. The van der Waals surface area contributed by atoms with Crippen molar-refractivity contribution in [1.29, 1.82) is 0 Å². The van der Waals surface area contributed by atoms with E-state index in [1.54, 1.807) is 6.20 Å². The average Bonchev–Trinajstić information content (AvgIpc) is 2.42. The second kappa shape index (κ2) is 4.84. The number of benzene rings is 1. The van der Waals surface area contributed by atoms with Gasteiger partial charge in [0.25, 0.3) is 0 Å². The Balaban J connectivity index is 2.02. The summed E-state index contributed by atoms with van der Waals surface area (Å²) in [6.07, 6.45) is 4.44. The quantitative estimate of drug-likeness (QED) is 0.827. The van der Waals surface area contributed by atoms with Crippen LogP contribution in [0.4, 0.5) is 11.5 Å². The van der Waals surface area contributed by atoms with Crippen molar-refractivity contribution in [3.63, 3.8) is 0 Å². The van der Waals surface area contributed by atoms with Crippen molar-refractivity contribution in [2.45, 2.75) is 32.1 Å². The highest BCUT2D eigenvalue weighted by molar-refractivity contribution is 5.94. The van der Waals surface area contributed by atoms with Crippen molar-refractivity contribution in [3.05, 3.63) is 47.4 Å². The molecule has 21 heavy (non-hydrogen) atoms. The van der Waals surface area contributed by atoms with Crippen LogP contribution in [0.3, 0.4) is 0 Å². The van der Waals surface area contributed by atoms with E-state index >= 15 is 0 Å². The standard InChI is InChI=1S/C16H18N4O/c1-10-5-12(17)4-3-11(10)6-16(2)7-14(21)20-15-13(16)8-18-9-19-15/h3-5,8-9H,6-7,17H2,1-2H3,(H,18,19,20,21). The molecule has 5 heteroatoms. The molecule has 1 aromatic heterocycles. The molecule has 3 N–H and O–H groups in total. The zero-order valence-corrected chi connectivity index (χ0v) is 12.2. The van der Waals surface area contributed by atoms with Crippen LogP contribution >= 0.6 is 0 Å². The molecule has 1 aromatic carbocycles. The summed E-state index contributed by atoms with van der Waals surface area (Å²) in [5.41, 5.74) is 9.58. The van der Waals surface area contributed by atoms with Gasteiger partial charge in [-0.25, -0.2) is 9.97 Å². The first-order valence-electron chi connectivity index (χ1n) is 6.93. The number of nitrogens with two attached hydrogens (primary N) is 1. The van der Waals surface area contributed by atoms with Gasteiger partial charge in [-0.2, -0.15) is 0 Å². The van der Waals surface area contributed by atoms with Gasteiger partial charge in [0.2, 0.25) is 5.91 Å². The highest BCUT2D eigenvalue weighted by Gasteiger charge is 2.37. The van der Waals surface area contributed by atoms with Crippen molar-refractivity contribution < 1.29 is 4.79 Å². The third-order valence-electron chi connectivity index (χ3n) is 4.12. The fraction of sp³-hybridized carbons (Fsp3) is 0.312. The Morgan fingerprint density at radius 1 is 1.43 bits per heavy atom. The van der Waals surface area contributed by atoms with Gasteiger partial charge in [-0.3, -0.25) is 4.79 Å². The lowest BCUT2D eigenvalue weighted by Crippen LogP contribution is -2.37. The Morgan fingerprint density at radius 3 is 3.00 bits per heavy atom. The minimum Gasteiger partial charge on any atom is -0.399 e. The van der Waals surface area contributed by atoms with E-state index in [0.29, 0.717) is 12.2 Å². The normalized spacial score (nSPS) is 20.8. The molecule has 2 heterocycles. The lowest BCUT2D eigenvalue weighted by molar-refractivity contribution is -0.117. The van der Waals surface area contributed by atoms with E-state index < -0.39 is 0 Å². The molecule has 0 aliphatic carbocycles. The van der Waals surface area contributed by atoms with Crippen LogP contribution in [0, 0.1) is 6.92 Å². The number of hydrogen-bond donors (Lipinski definition) is 2. The van der Waals surface area contributed by atoms with Gasteiger partial charge in [0.05, 0.1) is 0 Å². The summed E-state index contributed by atoms with van der Waals surface area (Å²) < 4.78 is 0. The molecule has 1 atom stereocenters. The van der Waals surface area contributed by atoms with E-state index in [4.69, 9.17) is 5.73 Å². The Labute approximate surface area is 123 Å². The minimum absolute atomic E-state index is 0.00296. The molecule has 1 amide bonds. The molecule has 0 spiro atoms. The summed E-state index contributed by atoms with van der Waals surface area (Å²) in [6, 6.07) is 5.90. The van der Waals surface area contributed by atoms with E-state index in [0.717, 1.165) is 23.2 Å². The molecule has 0 bridgehead atoms. The maximum atomic E-state index is 12.0. The molecular formula is C16H18N4O. The molecule has 0 saturated heterocycles. The van der Waals surface area contributed by atoms with E-state index in [1.807, 2.05) is 25.1 Å². The van der Waals surface area contributed by atoms with Gasteiger partial charge in [-0.05, 0) is 36.6 Å². The number of nitrogen functional groups attached to an aromatic ring is 1. The molecule has 0 fully saturated rings. The van der Waals surface area contributed by atoms with Crippen LogP contribution in [0.5, 0.6) is 0 Å². The first kappa shape index (κ1) is 13.5. The van der Waals surface area contributed by atoms with Crippen molar-refractivity contribution in [2.24, 2.45) is 0 Å². The molecule has 1 aliphatic heterocycles. The van der Waals surface area contributed by atoms with Gasteiger partial charge in [0.15, 0.2) is 0 Å². The number of nitrogens with zero attached hydrogens (tertiary/aromatic N) is 2. The number of carbonyl (C=O) groups is 1. The number of nitrogens with one attached hydrogen (secondary N) is 1. The Hall–Kier alpha value is -2.43. The lowest BCUT2D eigenvalue weighted by Gasteiger charge is -2.34. The van der Waals surface area contributed by atoms with E-state index in [2.05, 4.69) is 22.2 Å². The first-order valence-corrected chi connectivity index (χ1v) is 6.93. The predicted molar refractivity (Wildman–Crippen MR) is 81.9 cm³/mol. The van der Waals surface area contributed by atoms with E-state index in [-0.39, 0.29) is 11.3 Å². The number of fused-ring (bicyclic) bond motifs is 1. The molecule has 1 aliphatic rings. The molecule has 0 saturated carbocycles. The maximum absolute atomic E-state index is 12.0. The molecule has 0 radical (unpaired) electrons. The average molecular weight is 282 g/mol. The first-order chi connectivity index (χ1) is 9.98. The summed E-state index contributed by atoms with van der Waals surface area (Å²) in [4.78, 5) is 20.3. The fourth-order valence-electron chi connectivity index (χ4n) is 2.99. The van der Waals surface area contributed by atoms with Gasteiger partial charge in [-0.15, -0.1) is 0 Å². The number of amides is 1. The zero-order chi connectivity index (χ0) is 15.0. The third kappa shape index (κ3) is 2.46. The summed E-state index contributed by atoms with van der Waals surface area (Å²) in [5, 5.41) is 2.81. The Kier molecular flexibility index (Phi) is 3.12. The molecule has 3 rings (SSSR count). The summed E-state index contributed by atoms with van der Waals surface area (Å²) in [5.74, 6) is 0.619. The smallest absolute Gasteiger partial charge is 0.226 e. The number of carbonyl (C=O) groups excluding carboxylic acids is 1. The highest BCUT2D eigenvalue weighted by atomic mass is 16.1. The summed E-state index contributed by atoms with van der Waals surface area (Å²) in [7, 11) is 0. The van der Waals surface area contributed by atoms with Crippen molar-refractivity contribution in [1.82, 2.24) is 9.97 Å². The SMILES string of the molecule is Cc1cc(N)ccc1CC1(C)CC(=O)Nc2ncncc21. The van der Waals surface area contributed by atoms with Gasteiger partial charge in [0.1, 0.15) is 12.1 Å². The van der Waals surface area contributed by atoms with Crippen LogP contribution in [-0.2, 0) is 16.6 Å². The van der Waals surface area contributed by atoms with Crippen LogP contribution < -0.4 is 11.1 Å². The minimum atomic E-state index is -0.306. The van der Waals surface area contributed by atoms with Crippen molar-refractivity contribution in [2.75, 3.05) is 11.1 Å². The molecule has 108 valence electrons. The number of rotatable bonds is 2. The lowest BCUT2D eigenvalue weighted by atomic mass is 9.73.